The topological polar surface area (TPSA) is 100 Å². The number of benzene rings is 1. The molecule has 0 bridgehead atoms. The maximum Gasteiger partial charge on any atom is 0.253 e. The molecule has 0 radical (unpaired) electrons. The lowest BCUT2D eigenvalue weighted by atomic mass is 9.96. The van der Waals surface area contributed by atoms with E-state index < -0.39 is 11.3 Å². The zero-order valence-corrected chi connectivity index (χ0v) is 15.1. The van der Waals surface area contributed by atoms with Crippen molar-refractivity contribution in [2.45, 2.75) is 27.3 Å². The predicted molar refractivity (Wildman–Crippen MR) is 97.4 cm³/mol. The lowest BCUT2D eigenvalue weighted by molar-refractivity contribution is -0.130. The van der Waals surface area contributed by atoms with Gasteiger partial charge in [0.15, 0.2) is 0 Å². The lowest BCUT2D eigenvalue weighted by Gasteiger charge is -2.17. The van der Waals surface area contributed by atoms with Crippen molar-refractivity contribution in [3.8, 4) is 0 Å². The Hall–Kier alpha value is -3.09. The second kappa shape index (κ2) is 8.33. The molecule has 0 aliphatic heterocycles. The van der Waals surface area contributed by atoms with E-state index in [1.165, 1.54) is 6.26 Å². The van der Waals surface area contributed by atoms with Gasteiger partial charge in [-0.3, -0.25) is 14.4 Å². The van der Waals surface area contributed by atoms with Crippen LogP contribution in [-0.2, 0) is 16.1 Å². The molecule has 2 aromatic rings. The summed E-state index contributed by atoms with van der Waals surface area (Å²) in [5.74, 6) is -0.341. The summed E-state index contributed by atoms with van der Waals surface area (Å²) in [6.07, 6.45) is 1.53. The monoisotopic (exact) mass is 357 g/mol. The zero-order valence-electron chi connectivity index (χ0n) is 15.1. The van der Waals surface area contributed by atoms with Gasteiger partial charge < -0.3 is 20.4 Å². The summed E-state index contributed by atoms with van der Waals surface area (Å²) >= 11 is 0. The van der Waals surface area contributed by atoms with Gasteiger partial charge in [0.25, 0.3) is 5.91 Å². The number of nitrogens with one attached hydrogen (secondary N) is 3. The minimum Gasteiger partial charge on any atom is -0.467 e. The largest absolute Gasteiger partial charge is 0.467 e. The molecule has 0 aliphatic carbocycles. The number of hydrogen-bond acceptors (Lipinski definition) is 4. The molecule has 3 N–H and O–H groups in total. The molecular formula is C19H23N3O4. The van der Waals surface area contributed by atoms with E-state index >= 15 is 0 Å². The summed E-state index contributed by atoms with van der Waals surface area (Å²) in [6.45, 7) is 5.37. The fourth-order valence-electron chi connectivity index (χ4n) is 2.09. The van der Waals surface area contributed by atoms with Crippen LogP contribution < -0.4 is 16.0 Å². The highest BCUT2D eigenvalue weighted by Crippen LogP contribution is 2.15. The number of amides is 3. The van der Waals surface area contributed by atoms with Gasteiger partial charge in [-0.25, -0.2) is 0 Å². The van der Waals surface area contributed by atoms with Crippen molar-refractivity contribution >= 4 is 23.4 Å². The third kappa shape index (κ3) is 5.47. The molecule has 7 nitrogen and oxygen atoms in total. The lowest BCUT2D eigenvalue weighted by Crippen LogP contribution is -2.39. The van der Waals surface area contributed by atoms with Crippen LogP contribution in [0.25, 0.3) is 0 Å². The Morgan fingerprint density at radius 1 is 1.00 bits per heavy atom. The van der Waals surface area contributed by atoms with E-state index in [4.69, 9.17) is 4.42 Å². The van der Waals surface area contributed by atoms with E-state index in [1.54, 1.807) is 57.2 Å². The molecule has 0 saturated carbocycles. The summed E-state index contributed by atoms with van der Waals surface area (Å²) in [4.78, 5) is 36.3. The highest BCUT2D eigenvalue weighted by Gasteiger charge is 2.21. The van der Waals surface area contributed by atoms with E-state index in [0.29, 0.717) is 17.0 Å². The molecule has 0 fully saturated rings. The Balaban J connectivity index is 1.96. The van der Waals surface area contributed by atoms with Crippen molar-refractivity contribution in [2.24, 2.45) is 5.41 Å². The first-order valence-electron chi connectivity index (χ1n) is 8.25. The molecule has 2 rings (SSSR count). The van der Waals surface area contributed by atoms with Crippen LogP contribution in [0.2, 0.25) is 0 Å². The van der Waals surface area contributed by atoms with Gasteiger partial charge in [-0.1, -0.05) is 32.9 Å². The number of para-hydroxylation sites is 1. The fourth-order valence-corrected chi connectivity index (χ4v) is 2.09. The standard InChI is InChI=1S/C19H23N3O4/c1-19(2,3)18(25)21-12-16(23)22-15-9-5-4-8-14(15)17(24)20-11-13-7-6-10-26-13/h4-10H,11-12H2,1-3H3,(H,20,24)(H,21,25)(H,22,23). The number of carbonyl (C=O) groups is 3. The minimum absolute atomic E-state index is 0.168. The van der Waals surface area contributed by atoms with Crippen LogP contribution in [-0.4, -0.2) is 24.3 Å². The predicted octanol–water partition coefficient (Wildman–Crippen LogP) is 2.31. The molecule has 0 spiro atoms. The fraction of sp³-hybridized carbons (Fsp3) is 0.316. The van der Waals surface area contributed by atoms with Crippen molar-refractivity contribution in [2.75, 3.05) is 11.9 Å². The van der Waals surface area contributed by atoms with Gasteiger partial charge in [0.1, 0.15) is 5.76 Å². The average Bonchev–Trinajstić information content (AvgIpc) is 3.10. The molecule has 0 unspecified atom stereocenters. The Bertz CT molecular complexity index is 776. The van der Waals surface area contributed by atoms with Gasteiger partial charge in [0, 0.05) is 5.41 Å². The Labute approximate surface area is 152 Å². The summed E-state index contributed by atoms with van der Waals surface area (Å²) in [6, 6.07) is 10.2. The molecule has 7 heteroatoms. The first-order chi connectivity index (χ1) is 12.3. The van der Waals surface area contributed by atoms with Crippen molar-refractivity contribution in [3.05, 3.63) is 54.0 Å². The van der Waals surface area contributed by atoms with Gasteiger partial charge >= 0.3 is 0 Å². The molecule has 26 heavy (non-hydrogen) atoms. The number of anilines is 1. The quantitative estimate of drug-likeness (QED) is 0.738. The van der Waals surface area contributed by atoms with Crippen molar-refractivity contribution in [3.63, 3.8) is 0 Å². The maximum atomic E-state index is 12.4. The van der Waals surface area contributed by atoms with Crippen LogP contribution in [0.3, 0.4) is 0 Å². The van der Waals surface area contributed by atoms with Gasteiger partial charge in [-0.2, -0.15) is 0 Å². The van der Waals surface area contributed by atoms with E-state index in [9.17, 15) is 14.4 Å². The first kappa shape index (κ1) is 19.2. The molecule has 1 aromatic heterocycles. The van der Waals surface area contributed by atoms with E-state index in [2.05, 4.69) is 16.0 Å². The highest BCUT2D eigenvalue weighted by molar-refractivity contribution is 6.04. The van der Waals surface area contributed by atoms with Crippen LogP contribution >= 0.6 is 0 Å². The molecule has 3 amide bonds. The van der Waals surface area contributed by atoms with Crippen LogP contribution in [0, 0.1) is 5.41 Å². The van der Waals surface area contributed by atoms with Crippen LogP contribution in [0.5, 0.6) is 0 Å². The van der Waals surface area contributed by atoms with Gasteiger partial charge in [-0.05, 0) is 24.3 Å². The summed E-state index contributed by atoms with van der Waals surface area (Å²) in [5.41, 5.74) is 0.123. The number of carbonyl (C=O) groups excluding carboxylic acids is 3. The van der Waals surface area contributed by atoms with Crippen LogP contribution in [0.4, 0.5) is 5.69 Å². The molecule has 0 atom stereocenters. The Morgan fingerprint density at radius 3 is 2.38 bits per heavy atom. The average molecular weight is 357 g/mol. The Morgan fingerprint density at radius 2 is 1.73 bits per heavy atom. The van der Waals surface area contributed by atoms with E-state index in [-0.39, 0.29) is 24.9 Å². The molecule has 138 valence electrons. The number of rotatable bonds is 6. The molecule has 0 saturated heterocycles. The SMILES string of the molecule is CC(C)(C)C(=O)NCC(=O)Nc1ccccc1C(=O)NCc1ccco1. The zero-order chi connectivity index (χ0) is 19.2. The first-order valence-corrected chi connectivity index (χ1v) is 8.25. The molecule has 1 heterocycles. The van der Waals surface area contributed by atoms with E-state index in [0.717, 1.165) is 0 Å². The molecule has 1 aromatic carbocycles. The van der Waals surface area contributed by atoms with Crippen molar-refractivity contribution in [1.82, 2.24) is 10.6 Å². The number of furan rings is 1. The Kier molecular flexibility index (Phi) is 6.16. The third-order valence-electron chi connectivity index (χ3n) is 3.54. The summed E-state index contributed by atoms with van der Waals surface area (Å²) in [7, 11) is 0. The van der Waals surface area contributed by atoms with E-state index in [1.807, 2.05) is 0 Å². The van der Waals surface area contributed by atoms with Gasteiger partial charge in [-0.15, -0.1) is 0 Å². The summed E-state index contributed by atoms with van der Waals surface area (Å²) < 4.78 is 5.17. The van der Waals surface area contributed by atoms with Crippen LogP contribution in [0.1, 0.15) is 36.9 Å². The van der Waals surface area contributed by atoms with Crippen LogP contribution in [0.15, 0.2) is 47.1 Å². The highest BCUT2D eigenvalue weighted by atomic mass is 16.3. The normalized spacial score (nSPS) is 10.9. The van der Waals surface area contributed by atoms with Gasteiger partial charge in [0.2, 0.25) is 11.8 Å². The van der Waals surface area contributed by atoms with Crippen molar-refractivity contribution in [1.29, 1.82) is 0 Å². The number of hydrogen-bond donors (Lipinski definition) is 3. The maximum absolute atomic E-state index is 12.4. The third-order valence-corrected chi connectivity index (χ3v) is 3.54. The van der Waals surface area contributed by atoms with Crippen molar-refractivity contribution < 1.29 is 18.8 Å². The molecular weight excluding hydrogens is 334 g/mol. The molecule has 0 aliphatic rings. The second-order valence-corrected chi connectivity index (χ2v) is 6.79. The second-order valence-electron chi connectivity index (χ2n) is 6.79. The van der Waals surface area contributed by atoms with Gasteiger partial charge in [0.05, 0.1) is 30.6 Å². The summed E-state index contributed by atoms with van der Waals surface area (Å²) in [5, 5.41) is 7.96. The minimum atomic E-state index is -0.579. The smallest absolute Gasteiger partial charge is 0.253 e.